The molecular formula is C9H10N2O4. The van der Waals surface area contributed by atoms with Gasteiger partial charge in [-0.2, -0.15) is 0 Å². The molecule has 0 spiro atoms. The van der Waals surface area contributed by atoms with Gasteiger partial charge in [0.1, 0.15) is 5.56 Å². The number of nitro groups is 1. The van der Waals surface area contributed by atoms with Crippen LogP contribution in [0.3, 0.4) is 0 Å². The highest BCUT2D eigenvalue weighted by molar-refractivity contribution is 5.93. The molecule has 0 aromatic heterocycles. The van der Waals surface area contributed by atoms with E-state index >= 15 is 0 Å². The van der Waals surface area contributed by atoms with E-state index < -0.39 is 16.6 Å². The molecule has 80 valence electrons. The van der Waals surface area contributed by atoms with Crippen LogP contribution in [-0.2, 0) is 0 Å². The standard InChI is InChI=1S/C9H10N2O4/c1-2-10-6-3-4-7(9(12)13)8(5-6)11(14)15/h3-5,10H,2H2,1H3,(H,12,13). The third-order valence-corrected chi connectivity index (χ3v) is 1.81. The topological polar surface area (TPSA) is 92.5 Å². The summed E-state index contributed by atoms with van der Waals surface area (Å²) < 4.78 is 0. The molecule has 0 saturated carbocycles. The van der Waals surface area contributed by atoms with E-state index in [0.29, 0.717) is 12.2 Å². The summed E-state index contributed by atoms with van der Waals surface area (Å²) in [5.74, 6) is -1.30. The van der Waals surface area contributed by atoms with Gasteiger partial charge in [-0.25, -0.2) is 4.79 Å². The summed E-state index contributed by atoms with van der Waals surface area (Å²) in [6, 6.07) is 3.94. The summed E-state index contributed by atoms with van der Waals surface area (Å²) in [7, 11) is 0. The highest BCUT2D eigenvalue weighted by Gasteiger charge is 2.19. The van der Waals surface area contributed by atoms with Crippen molar-refractivity contribution in [3.8, 4) is 0 Å². The molecular weight excluding hydrogens is 200 g/mol. The smallest absolute Gasteiger partial charge is 0.342 e. The lowest BCUT2D eigenvalue weighted by atomic mass is 10.1. The lowest BCUT2D eigenvalue weighted by molar-refractivity contribution is -0.385. The van der Waals surface area contributed by atoms with E-state index in [1.54, 1.807) is 0 Å². The molecule has 0 heterocycles. The molecule has 0 amide bonds. The largest absolute Gasteiger partial charge is 0.477 e. The highest BCUT2D eigenvalue weighted by Crippen LogP contribution is 2.22. The minimum absolute atomic E-state index is 0.304. The number of carboxylic acids is 1. The van der Waals surface area contributed by atoms with Crippen LogP contribution in [0.4, 0.5) is 11.4 Å². The first-order valence-corrected chi connectivity index (χ1v) is 4.32. The summed E-state index contributed by atoms with van der Waals surface area (Å²) in [6.07, 6.45) is 0. The molecule has 6 nitrogen and oxygen atoms in total. The third kappa shape index (κ3) is 2.43. The summed E-state index contributed by atoms with van der Waals surface area (Å²) in [5.41, 5.74) is -0.170. The number of carbonyl (C=O) groups is 1. The van der Waals surface area contributed by atoms with Gasteiger partial charge in [0.25, 0.3) is 5.69 Å². The maximum atomic E-state index is 10.7. The van der Waals surface area contributed by atoms with E-state index in [4.69, 9.17) is 5.11 Å². The molecule has 0 aliphatic rings. The average Bonchev–Trinajstić information content (AvgIpc) is 2.17. The van der Waals surface area contributed by atoms with Gasteiger partial charge in [0.2, 0.25) is 0 Å². The zero-order chi connectivity index (χ0) is 11.4. The summed E-state index contributed by atoms with van der Waals surface area (Å²) in [5, 5.41) is 22.2. The lowest BCUT2D eigenvalue weighted by Crippen LogP contribution is -2.04. The van der Waals surface area contributed by atoms with Crippen molar-refractivity contribution < 1.29 is 14.8 Å². The number of nitro benzene ring substituents is 1. The van der Waals surface area contributed by atoms with Crippen LogP contribution < -0.4 is 5.32 Å². The summed E-state index contributed by atoms with van der Waals surface area (Å²) in [4.78, 5) is 20.6. The maximum Gasteiger partial charge on any atom is 0.342 e. The molecule has 0 fully saturated rings. The molecule has 0 unspecified atom stereocenters. The Morgan fingerprint density at radius 2 is 2.27 bits per heavy atom. The third-order valence-electron chi connectivity index (χ3n) is 1.81. The molecule has 1 aromatic carbocycles. The Bertz CT molecular complexity index is 403. The Balaban J connectivity index is 3.21. The second-order valence-electron chi connectivity index (χ2n) is 2.82. The van der Waals surface area contributed by atoms with Gasteiger partial charge in [-0.1, -0.05) is 0 Å². The second-order valence-corrected chi connectivity index (χ2v) is 2.82. The zero-order valence-corrected chi connectivity index (χ0v) is 8.06. The molecule has 15 heavy (non-hydrogen) atoms. The number of anilines is 1. The van der Waals surface area contributed by atoms with Crippen molar-refractivity contribution in [3.05, 3.63) is 33.9 Å². The Morgan fingerprint density at radius 3 is 2.73 bits per heavy atom. The zero-order valence-electron chi connectivity index (χ0n) is 8.06. The van der Waals surface area contributed by atoms with Crippen molar-refractivity contribution in [2.24, 2.45) is 0 Å². The molecule has 0 bridgehead atoms. The van der Waals surface area contributed by atoms with Gasteiger partial charge < -0.3 is 10.4 Å². The van der Waals surface area contributed by atoms with Gasteiger partial charge in [-0.15, -0.1) is 0 Å². The van der Waals surface area contributed by atoms with E-state index in [-0.39, 0.29) is 5.56 Å². The first-order chi connectivity index (χ1) is 7.06. The Morgan fingerprint density at radius 1 is 1.60 bits per heavy atom. The monoisotopic (exact) mass is 210 g/mol. The first kappa shape index (κ1) is 11.0. The van der Waals surface area contributed by atoms with Crippen molar-refractivity contribution in [1.29, 1.82) is 0 Å². The lowest BCUT2D eigenvalue weighted by Gasteiger charge is -2.03. The number of aromatic carboxylic acids is 1. The Labute approximate surface area is 85.7 Å². The molecule has 0 radical (unpaired) electrons. The number of nitrogens with one attached hydrogen (secondary N) is 1. The maximum absolute atomic E-state index is 10.7. The van der Waals surface area contributed by atoms with Crippen molar-refractivity contribution in [2.75, 3.05) is 11.9 Å². The summed E-state index contributed by atoms with van der Waals surface area (Å²) >= 11 is 0. The van der Waals surface area contributed by atoms with Crippen LogP contribution in [0.5, 0.6) is 0 Å². The van der Waals surface area contributed by atoms with Gasteiger partial charge in [-0.3, -0.25) is 10.1 Å². The quantitative estimate of drug-likeness (QED) is 0.583. The molecule has 6 heteroatoms. The van der Waals surface area contributed by atoms with Crippen LogP contribution in [0, 0.1) is 10.1 Å². The van der Waals surface area contributed by atoms with E-state index in [1.165, 1.54) is 18.2 Å². The van der Waals surface area contributed by atoms with Crippen molar-refractivity contribution in [2.45, 2.75) is 6.92 Å². The first-order valence-electron chi connectivity index (χ1n) is 4.32. The van der Waals surface area contributed by atoms with Crippen molar-refractivity contribution in [3.63, 3.8) is 0 Å². The predicted molar refractivity (Wildman–Crippen MR) is 54.2 cm³/mol. The molecule has 2 N–H and O–H groups in total. The van der Waals surface area contributed by atoms with Crippen LogP contribution in [0.2, 0.25) is 0 Å². The van der Waals surface area contributed by atoms with Gasteiger partial charge in [-0.05, 0) is 19.1 Å². The van der Waals surface area contributed by atoms with Gasteiger partial charge in [0.15, 0.2) is 0 Å². The molecule has 0 aliphatic carbocycles. The fourth-order valence-corrected chi connectivity index (χ4v) is 1.18. The highest BCUT2D eigenvalue weighted by atomic mass is 16.6. The number of benzene rings is 1. The molecule has 0 saturated heterocycles. The van der Waals surface area contributed by atoms with Crippen LogP contribution in [0.15, 0.2) is 18.2 Å². The van der Waals surface area contributed by atoms with E-state index in [9.17, 15) is 14.9 Å². The molecule has 1 rings (SSSR count). The Hall–Kier alpha value is -2.11. The number of hydrogen-bond donors (Lipinski definition) is 2. The minimum atomic E-state index is -1.30. The van der Waals surface area contributed by atoms with Crippen LogP contribution in [-0.4, -0.2) is 22.5 Å². The SMILES string of the molecule is CCNc1ccc(C(=O)O)c([N+](=O)[O-])c1. The number of nitrogens with zero attached hydrogens (tertiary/aromatic N) is 1. The number of carboxylic acid groups (broad SMARTS) is 1. The van der Waals surface area contributed by atoms with Crippen molar-refractivity contribution >= 4 is 17.3 Å². The van der Waals surface area contributed by atoms with Crippen molar-refractivity contribution in [1.82, 2.24) is 0 Å². The number of rotatable bonds is 4. The predicted octanol–water partition coefficient (Wildman–Crippen LogP) is 1.72. The Kier molecular flexibility index (Phi) is 3.22. The average molecular weight is 210 g/mol. The van der Waals surface area contributed by atoms with Crippen LogP contribution >= 0.6 is 0 Å². The van der Waals surface area contributed by atoms with Crippen LogP contribution in [0.1, 0.15) is 17.3 Å². The normalized spacial score (nSPS) is 9.67. The molecule has 0 aliphatic heterocycles. The van der Waals surface area contributed by atoms with E-state index in [0.717, 1.165) is 0 Å². The summed E-state index contributed by atoms with van der Waals surface area (Å²) in [6.45, 7) is 2.46. The van der Waals surface area contributed by atoms with Crippen LogP contribution in [0.25, 0.3) is 0 Å². The van der Waals surface area contributed by atoms with Gasteiger partial charge in [0, 0.05) is 18.3 Å². The molecule has 1 aromatic rings. The second kappa shape index (κ2) is 4.41. The fraction of sp³-hybridized carbons (Fsp3) is 0.222. The van der Waals surface area contributed by atoms with Gasteiger partial charge >= 0.3 is 5.97 Å². The fourth-order valence-electron chi connectivity index (χ4n) is 1.18. The minimum Gasteiger partial charge on any atom is -0.477 e. The van der Waals surface area contributed by atoms with E-state index in [1.807, 2.05) is 6.92 Å². The van der Waals surface area contributed by atoms with E-state index in [2.05, 4.69) is 5.32 Å². The van der Waals surface area contributed by atoms with Gasteiger partial charge in [0.05, 0.1) is 4.92 Å². The number of hydrogen-bond acceptors (Lipinski definition) is 4. The molecule has 0 atom stereocenters.